The molecule has 0 saturated heterocycles. The SMILES string of the molecule is c1ccc(N(c2ccccc2)c2ccc3cc4c(cc3c2)c2cc3c5ccccc5n(-c5ccccc5)c3c3c5cc6cc(N(c7ccccc7)c7ccccc7)ccc6cc5n4c23)cc1. The van der Waals surface area contributed by atoms with E-state index in [2.05, 4.69) is 261 Å². The van der Waals surface area contributed by atoms with E-state index in [1.54, 1.807) is 0 Å². The van der Waals surface area contributed by atoms with E-state index in [0.717, 1.165) is 39.8 Å². The molecule has 0 aliphatic heterocycles. The third-order valence-electron chi connectivity index (χ3n) is 13.7. The number of para-hydroxylation sites is 6. The Morgan fingerprint density at radius 3 is 1.23 bits per heavy atom. The number of benzene rings is 11. The number of anilines is 6. The summed E-state index contributed by atoms with van der Waals surface area (Å²) in [5.74, 6) is 0. The van der Waals surface area contributed by atoms with Crippen LogP contribution in [0.5, 0.6) is 0 Å². The molecule has 0 unspecified atom stereocenters. The smallest absolute Gasteiger partial charge is 0.0642 e. The Bertz CT molecular complexity index is 4060. The summed E-state index contributed by atoms with van der Waals surface area (Å²) in [6.45, 7) is 0. The van der Waals surface area contributed by atoms with Crippen molar-refractivity contribution in [2.24, 2.45) is 0 Å². The molecule has 66 heavy (non-hydrogen) atoms. The second kappa shape index (κ2) is 14.3. The number of nitrogens with zero attached hydrogens (tertiary/aromatic N) is 4. The fourth-order valence-electron chi connectivity index (χ4n) is 10.8. The minimum atomic E-state index is 1.12. The van der Waals surface area contributed by atoms with Gasteiger partial charge in [0, 0.05) is 72.1 Å². The molecule has 0 amide bonds. The molecular formula is C62H40N4. The van der Waals surface area contributed by atoms with Crippen LogP contribution in [0.25, 0.3) is 87.1 Å². The van der Waals surface area contributed by atoms with E-state index in [4.69, 9.17) is 0 Å². The van der Waals surface area contributed by atoms with Crippen molar-refractivity contribution in [2.45, 2.75) is 0 Å². The highest BCUT2D eigenvalue weighted by Crippen LogP contribution is 2.49. The molecule has 0 saturated carbocycles. The van der Waals surface area contributed by atoms with Crippen molar-refractivity contribution in [1.82, 2.24) is 8.97 Å². The molecular weight excluding hydrogens is 801 g/mol. The van der Waals surface area contributed by atoms with Crippen molar-refractivity contribution < 1.29 is 0 Å². The van der Waals surface area contributed by atoms with Crippen molar-refractivity contribution in [3.63, 3.8) is 0 Å². The quantitative estimate of drug-likeness (QED) is 0.159. The molecule has 14 rings (SSSR count). The molecule has 11 aromatic carbocycles. The predicted molar refractivity (Wildman–Crippen MR) is 280 cm³/mol. The molecule has 0 spiro atoms. The van der Waals surface area contributed by atoms with Gasteiger partial charge in [0.2, 0.25) is 0 Å². The zero-order valence-corrected chi connectivity index (χ0v) is 35.9. The fourth-order valence-corrected chi connectivity index (χ4v) is 10.8. The molecule has 0 atom stereocenters. The highest BCUT2D eigenvalue weighted by Gasteiger charge is 2.26. The molecule has 0 N–H and O–H groups in total. The number of fused-ring (bicyclic) bond motifs is 12. The lowest BCUT2D eigenvalue weighted by molar-refractivity contribution is 1.19. The monoisotopic (exact) mass is 840 g/mol. The van der Waals surface area contributed by atoms with Gasteiger partial charge in [-0.1, -0.05) is 121 Å². The van der Waals surface area contributed by atoms with Crippen LogP contribution in [0.2, 0.25) is 0 Å². The molecule has 3 heterocycles. The molecule has 0 fully saturated rings. The van der Waals surface area contributed by atoms with Gasteiger partial charge in [0.05, 0.1) is 27.6 Å². The maximum absolute atomic E-state index is 2.56. The Morgan fingerprint density at radius 2 is 0.697 bits per heavy atom. The van der Waals surface area contributed by atoms with E-state index in [0.29, 0.717) is 0 Å². The summed E-state index contributed by atoms with van der Waals surface area (Å²) in [6, 6.07) is 88.6. The van der Waals surface area contributed by atoms with Gasteiger partial charge in [-0.2, -0.15) is 0 Å². The van der Waals surface area contributed by atoms with Crippen molar-refractivity contribution >= 4 is 116 Å². The third-order valence-corrected chi connectivity index (χ3v) is 13.7. The summed E-state index contributed by atoms with van der Waals surface area (Å²) in [6.07, 6.45) is 0. The van der Waals surface area contributed by atoms with E-state index in [1.807, 2.05) is 0 Å². The van der Waals surface area contributed by atoms with Crippen LogP contribution in [0.15, 0.2) is 243 Å². The van der Waals surface area contributed by atoms with E-state index in [-0.39, 0.29) is 0 Å². The number of hydrogen-bond donors (Lipinski definition) is 0. The van der Waals surface area contributed by atoms with Gasteiger partial charge in [-0.3, -0.25) is 0 Å². The van der Waals surface area contributed by atoms with Crippen LogP contribution < -0.4 is 9.80 Å². The Hall–Kier alpha value is -8.86. The minimum absolute atomic E-state index is 1.12. The van der Waals surface area contributed by atoms with Crippen molar-refractivity contribution in [1.29, 1.82) is 0 Å². The van der Waals surface area contributed by atoms with Crippen LogP contribution in [0.1, 0.15) is 0 Å². The molecule has 0 bridgehead atoms. The van der Waals surface area contributed by atoms with E-state index < -0.39 is 0 Å². The van der Waals surface area contributed by atoms with Crippen LogP contribution in [0.4, 0.5) is 34.1 Å². The molecule has 14 aromatic rings. The standard InChI is InChI=1S/C62H40N4/c1-6-18-45(19-7-1)63(46-20-8-2-9-21-46)50-32-30-41-38-58-53(36-43(41)34-50)55-40-54-52-28-16-17-29-57(52)65(49-26-14-5-15-27-49)61(54)60-56-37-44-35-51(33-31-42(44)39-59(56)66(58)62(55)60)64(47-22-10-3-11-23-47)48-24-12-4-13-25-48/h1-40H. The van der Waals surface area contributed by atoms with Crippen molar-refractivity contribution in [3.05, 3.63) is 243 Å². The maximum atomic E-state index is 2.56. The fraction of sp³-hybridized carbons (Fsp3) is 0. The summed E-state index contributed by atoms with van der Waals surface area (Å²) in [5.41, 5.74) is 14.0. The second-order valence-electron chi connectivity index (χ2n) is 17.4. The first-order chi connectivity index (χ1) is 32.7. The average molecular weight is 841 g/mol. The first kappa shape index (κ1) is 36.6. The van der Waals surface area contributed by atoms with Crippen molar-refractivity contribution in [3.8, 4) is 5.69 Å². The van der Waals surface area contributed by atoms with E-state index >= 15 is 0 Å². The molecule has 0 aliphatic carbocycles. The summed E-state index contributed by atoms with van der Waals surface area (Å²) < 4.78 is 5.05. The lowest BCUT2D eigenvalue weighted by Crippen LogP contribution is -2.09. The minimum Gasteiger partial charge on any atom is -0.310 e. The van der Waals surface area contributed by atoms with Gasteiger partial charge in [-0.25, -0.2) is 0 Å². The largest absolute Gasteiger partial charge is 0.310 e. The Morgan fingerprint density at radius 1 is 0.258 bits per heavy atom. The van der Waals surface area contributed by atoms with Gasteiger partial charge >= 0.3 is 0 Å². The summed E-state index contributed by atoms with van der Waals surface area (Å²) in [5, 5.41) is 12.3. The molecule has 0 aliphatic rings. The van der Waals surface area contributed by atoms with Gasteiger partial charge < -0.3 is 18.8 Å². The summed E-state index contributed by atoms with van der Waals surface area (Å²) in [7, 11) is 0. The van der Waals surface area contributed by atoms with Crippen molar-refractivity contribution in [2.75, 3.05) is 9.80 Å². The predicted octanol–water partition coefficient (Wildman–Crippen LogP) is 17.2. The van der Waals surface area contributed by atoms with Gasteiger partial charge in [0.25, 0.3) is 0 Å². The number of rotatable bonds is 7. The summed E-state index contributed by atoms with van der Waals surface area (Å²) in [4.78, 5) is 4.70. The van der Waals surface area contributed by atoms with Gasteiger partial charge in [-0.15, -0.1) is 0 Å². The van der Waals surface area contributed by atoms with E-state index in [1.165, 1.54) is 81.4 Å². The summed E-state index contributed by atoms with van der Waals surface area (Å²) >= 11 is 0. The van der Waals surface area contributed by atoms with Gasteiger partial charge in [-0.05, 0) is 143 Å². The zero-order chi connectivity index (χ0) is 43.3. The Kier molecular flexibility index (Phi) is 7.95. The molecule has 4 heteroatoms. The Balaban J connectivity index is 1.08. The molecule has 308 valence electrons. The van der Waals surface area contributed by atoms with Crippen LogP contribution in [0.3, 0.4) is 0 Å². The van der Waals surface area contributed by atoms with Crippen LogP contribution in [0, 0.1) is 0 Å². The highest BCUT2D eigenvalue weighted by atomic mass is 15.1. The lowest BCUT2D eigenvalue weighted by Gasteiger charge is -2.25. The Labute approximate surface area is 381 Å². The maximum Gasteiger partial charge on any atom is 0.0642 e. The van der Waals surface area contributed by atoms with E-state index in [9.17, 15) is 0 Å². The number of aromatic nitrogens is 2. The lowest BCUT2D eigenvalue weighted by atomic mass is 9.99. The first-order valence-corrected chi connectivity index (χ1v) is 22.7. The highest BCUT2D eigenvalue weighted by molar-refractivity contribution is 6.35. The van der Waals surface area contributed by atoms with Crippen LogP contribution in [-0.2, 0) is 0 Å². The van der Waals surface area contributed by atoms with Gasteiger partial charge in [0.15, 0.2) is 0 Å². The third kappa shape index (κ3) is 5.45. The zero-order valence-electron chi connectivity index (χ0n) is 35.9. The van der Waals surface area contributed by atoms with Crippen LogP contribution in [-0.4, -0.2) is 8.97 Å². The first-order valence-electron chi connectivity index (χ1n) is 22.7. The second-order valence-corrected chi connectivity index (χ2v) is 17.4. The van der Waals surface area contributed by atoms with Crippen LogP contribution >= 0.6 is 0 Å². The van der Waals surface area contributed by atoms with Gasteiger partial charge in [0.1, 0.15) is 0 Å². The number of hydrogen-bond acceptors (Lipinski definition) is 2. The molecule has 3 aromatic heterocycles. The molecule has 0 radical (unpaired) electrons. The topological polar surface area (TPSA) is 15.8 Å². The molecule has 4 nitrogen and oxygen atoms in total. The normalized spacial score (nSPS) is 11.9. The average Bonchev–Trinajstić information content (AvgIpc) is 4.00.